The summed E-state index contributed by atoms with van der Waals surface area (Å²) in [5.41, 5.74) is 5.59. The lowest BCUT2D eigenvalue weighted by atomic mass is 9.91. The lowest BCUT2D eigenvalue weighted by Gasteiger charge is -2.39. The third-order valence-electron chi connectivity index (χ3n) is 10.3. The van der Waals surface area contributed by atoms with Gasteiger partial charge in [-0.05, 0) is 75.6 Å². The Morgan fingerprint density at radius 1 is 1.02 bits per heavy atom. The number of hydrogen-bond acceptors (Lipinski definition) is 8. The first kappa shape index (κ1) is 34.6. The van der Waals surface area contributed by atoms with Crippen molar-refractivity contribution in [1.29, 1.82) is 0 Å². The first-order chi connectivity index (χ1) is 23.9. The predicted molar refractivity (Wildman–Crippen MR) is 186 cm³/mol. The number of halogens is 4. The minimum absolute atomic E-state index is 0.0293. The first-order valence-corrected chi connectivity index (χ1v) is 17.2. The van der Waals surface area contributed by atoms with E-state index in [9.17, 15) is 8.78 Å². The van der Waals surface area contributed by atoms with Gasteiger partial charge in [0.2, 0.25) is 0 Å². The molecule has 0 saturated carbocycles. The number of nitrogens with two attached hydrogens (primary N) is 1. The maximum atomic E-state index is 17.1. The fraction of sp³-hybridized carbons (Fsp3) is 0.486. The van der Waals surface area contributed by atoms with E-state index in [1.165, 1.54) is 18.2 Å². The van der Waals surface area contributed by atoms with Crippen LogP contribution in [0.25, 0.3) is 32.9 Å². The maximum absolute atomic E-state index is 17.1. The van der Waals surface area contributed by atoms with Crippen molar-refractivity contribution in [3.05, 3.63) is 46.8 Å². The van der Waals surface area contributed by atoms with Crippen LogP contribution < -0.4 is 20.7 Å². The molecule has 8 rings (SSSR count). The van der Waals surface area contributed by atoms with Gasteiger partial charge < -0.3 is 20.7 Å². The smallest absolute Gasteiger partial charge is 0.319 e. The fourth-order valence-corrected chi connectivity index (χ4v) is 8.20. The Hall–Kier alpha value is -4.21. The van der Waals surface area contributed by atoms with E-state index in [1.54, 1.807) is 0 Å². The average molecular weight is 678 g/mol. The van der Waals surface area contributed by atoms with Crippen LogP contribution >= 0.6 is 0 Å². The number of pyridine rings is 1. The van der Waals surface area contributed by atoms with Gasteiger partial charge >= 0.3 is 6.01 Å². The van der Waals surface area contributed by atoms with Crippen molar-refractivity contribution in [3.63, 3.8) is 0 Å². The normalized spacial score (nSPS) is 19.5. The van der Waals surface area contributed by atoms with E-state index in [4.69, 9.17) is 21.9 Å². The molecule has 0 bridgehead atoms. The zero-order valence-corrected chi connectivity index (χ0v) is 28.3. The molecule has 3 fully saturated rings. The maximum Gasteiger partial charge on any atom is 0.319 e. The van der Waals surface area contributed by atoms with Gasteiger partial charge in [-0.1, -0.05) is 25.8 Å². The fourth-order valence-electron chi connectivity index (χ4n) is 8.20. The summed E-state index contributed by atoms with van der Waals surface area (Å²) in [4.78, 5) is 18.5. The number of piperazine rings is 1. The van der Waals surface area contributed by atoms with Gasteiger partial charge in [-0.2, -0.15) is 9.97 Å². The van der Waals surface area contributed by atoms with E-state index in [0.717, 1.165) is 51.7 Å². The number of nitrogens with zero attached hydrogens (tertiary/aromatic N) is 5. The summed E-state index contributed by atoms with van der Waals surface area (Å²) in [6.07, 6.45) is 11.8. The predicted octanol–water partition coefficient (Wildman–Crippen LogP) is 6.56. The highest BCUT2D eigenvalue weighted by atomic mass is 19.1. The number of benzene rings is 2. The van der Waals surface area contributed by atoms with Crippen molar-refractivity contribution in [3.8, 4) is 29.6 Å². The Labute approximate surface area is 284 Å². The molecule has 4 aliphatic rings. The molecule has 49 heavy (non-hydrogen) atoms. The zero-order chi connectivity index (χ0) is 34.9. The number of terminal acetylenes is 1. The molecule has 0 spiro atoms. The van der Waals surface area contributed by atoms with E-state index < -0.39 is 23.0 Å². The topological polar surface area (TPSA) is 92.4 Å². The highest BCUT2D eigenvalue weighted by Gasteiger charge is 2.45. The van der Waals surface area contributed by atoms with Gasteiger partial charge in [0.15, 0.2) is 5.82 Å². The lowest BCUT2D eigenvalue weighted by molar-refractivity contribution is 0.108. The van der Waals surface area contributed by atoms with Crippen molar-refractivity contribution in [2.45, 2.75) is 70.4 Å². The highest BCUT2D eigenvalue weighted by molar-refractivity contribution is 6.04. The Morgan fingerprint density at radius 3 is 2.51 bits per heavy atom. The highest BCUT2D eigenvalue weighted by Crippen LogP contribution is 2.44. The second-order valence-corrected chi connectivity index (χ2v) is 12.7. The van der Waals surface area contributed by atoms with Crippen LogP contribution in [0.3, 0.4) is 0 Å². The SMILES string of the molecule is C#Cc1c(F)ccc2cc(N)nc(-c3c(F)c4c5c(nc(OCC67CCCN6CCC7)nc5c3F)N3CCNCC3CCC4)c12.CC.CF. The van der Waals surface area contributed by atoms with Crippen LogP contribution in [-0.4, -0.2) is 77.9 Å². The standard InChI is InChI=1S/C34H34F3N7O.C2H6.CH3F/c1-2-21-23(35)9-8-19-16-24(38)40-30(25(19)21)27-28(36)22-7-3-6-20-17-39-12-15-44(20)32-26(22)31(29(27)37)41-33(42-32)45-18-34-10-4-13-43(34)14-5-11-34;2*1-2/h1,8-9,16,20,39H,3-7,10-15,17-18H2,(H2,38,40);1-2H3;1H3. The number of ether oxygens (including phenoxy) is 1. The van der Waals surface area contributed by atoms with Crippen molar-refractivity contribution in [2.24, 2.45) is 0 Å². The average Bonchev–Trinajstić information content (AvgIpc) is 3.70. The van der Waals surface area contributed by atoms with Gasteiger partial charge in [-0.25, -0.2) is 18.2 Å². The van der Waals surface area contributed by atoms with Crippen LogP contribution in [0.5, 0.6) is 6.01 Å². The molecule has 2 aromatic carbocycles. The molecule has 3 saturated heterocycles. The second kappa shape index (κ2) is 14.3. The number of nitrogen functional groups attached to an aromatic ring is 1. The van der Waals surface area contributed by atoms with Crippen molar-refractivity contribution >= 4 is 33.3 Å². The minimum atomic E-state index is -0.930. The van der Waals surface area contributed by atoms with Gasteiger partial charge in [-0.3, -0.25) is 9.29 Å². The zero-order valence-electron chi connectivity index (χ0n) is 28.3. The summed E-state index contributed by atoms with van der Waals surface area (Å²) in [6, 6.07) is 4.39. The number of alkyl halides is 1. The molecule has 260 valence electrons. The van der Waals surface area contributed by atoms with E-state index in [2.05, 4.69) is 31.0 Å². The number of hydrogen-bond donors (Lipinski definition) is 2. The van der Waals surface area contributed by atoms with Crippen molar-refractivity contribution in [2.75, 3.05) is 57.1 Å². The molecule has 6 heterocycles. The number of nitrogens with one attached hydrogen (secondary N) is 1. The number of aromatic nitrogens is 3. The molecule has 0 aliphatic carbocycles. The summed E-state index contributed by atoms with van der Waals surface area (Å²) >= 11 is 0. The van der Waals surface area contributed by atoms with Gasteiger partial charge in [0.25, 0.3) is 0 Å². The summed E-state index contributed by atoms with van der Waals surface area (Å²) in [6.45, 7) is 8.57. The molecule has 8 nitrogen and oxygen atoms in total. The molecule has 0 amide bonds. The summed E-state index contributed by atoms with van der Waals surface area (Å²) < 4.78 is 64.8. The van der Waals surface area contributed by atoms with Crippen LogP contribution in [-0.2, 0) is 6.42 Å². The molecule has 1 unspecified atom stereocenters. The summed E-state index contributed by atoms with van der Waals surface area (Å²) in [5, 5.41) is 4.34. The van der Waals surface area contributed by atoms with Crippen LogP contribution in [0.2, 0.25) is 0 Å². The quantitative estimate of drug-likeness (QED) is 0.186. The number of anilines is 2. The largest absolute Gasteiger partial charge is 0.461 e. The molecular formula is C37H43F4N7O. The first-order valence-electron chi connectivity index (χ1n) is 17.2. The lowest BCUT2D eigenvalue weighted by Crippen LogP contribution is -2.52. The van der Waals surface area contributed by atoms with Crippen LogP contribution in [0.1, 0.15) is 63.5 Å². The van der Waals surface area contributed by atoms with Gasteiger partial charge in [0.1, 0.15) is 35.4 Å². The molecule has 12 heteroatoms. The van der Waals surface area contributed by atoms with Gasteiger partial charge in [0.05, 0.1) is 34.9 Å². The Balaban J connectivity index is 0.00000101. The molecule has 4 aromatic rings. The Kier molecular flexibility index (Phi) is 10.1. The molecule has 2 aromatic heterocycles. The van der Waals surface area contributed by atoms with E-state index in [0.29, 0.717) is 61.9 Å². The molecule has 1 atom stereocenters. The molecule has 0 radical (unpaired) electrons. The van der Waals surface area contributed by atoms with Crippen LogP contribution in [0.15, 0.2) is 18.2 Å². The van der Waals surface area contributed by atoms with Crippen molar-refractivity contribution in [1.82, 2.24) is 25.2 Å². The minimum Gasteiger partial charge on any atom is -0.461 e. The van der Waals surface area contributed by atoms with Crippen LogP contribution in [0.4, 0.5) is 29.2 Å². The van der Waals surface area contributed by atoms with Gasteiger partial charge in [0, 0.05) is 36.6 Å². The van der Waals surface area contributed by atoms with Crippen molar-refractivity contribution < 1.29 is 22.3 Å². The second-order valence-electron chi connectivity index (χ2n) is 12.7. The number of aryl methyl sites for hydroxylation is 1. The Morgan fingerprint density at radius 2 is 1.78 bits per heavy atom. The van der Waals surface area contributed by atoms with Crippen LogP contribution in [0, 0.1) is 29.8 Å². The number of fused-ring (bicyclic) bond motifs is 4. The van der Waals surface area contributed by atoms with E-state index in [1.807, 2.05) is 13.8 Å². The monoisotopic (exact) mass is 677 g/mol. The third-order valence-corrected chi connectivity index (χ3v) is 10.3. The molecular weight excluding hydrogens is 634 g/mol. The number of rotatable bonds is 4. The van der Waals surface area contributed by atoms with Gasteiger partial charge in [-0.15, -0.1) is 6.42 Å². The summed E-state index contributed by atoms with van der Waals surface area (Å²) in [5.74, 6) is 0.453. The van der Waals surface area contributed by atoms with E-state index in [-0.39, 0.29) is 45.6 Å². The molecule has 4 aliphatic heterocycles. The molecule has 3 N–H and O–H groups in total. The summed E-state index contributed by atoms with van der Waals surface area (Å²) in [7, 11) is 0.500. The third kappa shape index (κ3) is 5.91. The Bertz CT molecular complexity index is 1900. The van der Waals surface area contributed by atoms with E-state index >= 15 is 8.78 Å².